The Morgan fingerprint density at radius 1 is 1.07 bits per heavy atom. The van der Waals surface area contributed by atoms with Crippen LogP contribution in [0.25, 0.3) is 0 Å². The van der Waals surface area contributed by atoms with Crippen LogP contribution in [0.3, 0.4) is 0 Å². The van der Waals surface area contributed by atoms with Crippen LogP contribution in [0.15, 0.2) is 42.9 Å². The number of likely N-dealkylation sites (tertiary alicyclic amines) is 1. The zero-order valence-corrected chi connectivity index (χ0v) is 14.9. The van der Waals surface area contributed by atoms with Crippen molar-refractivity contribution in [2.75, 3.05) is 49.6 Å². The molecule has 1 aromatic heterocycles. The fourth-order valence-electron chi connectivity index (χ4n) is 3.20. The highest BCUT2D eigenvalue weighted by Crippen LogP contribution is 2.22. The Bertz CT molecular complexity index is 800. The molecule has 2 aliphatic heterocycles. The average molecular weight is 367 g/mol. The number of carbonyl (C=O) groups is 2. The molecule has 0 unspecified atom stereocenters. The molecule has 2 saturated heterocycles. The molecular weight excluding hydrogens is 346 g/mol. The third-order valence-electron chi connectivity index (χ3n) is 4.83. The first-order valence-electron chi connectivity index (χ1n) is 8.99. The summed E-state index contributed by atoms with van der Waals surface area (Å²) in [6.07, 6.45) is 4.44. The number of hydrogen-bond donors (Lipinski definition) is 1. The summed E-state index contributed by atoms with van der Waals surface area (Å²) in [5.41, 5.74) is 2.19. The van der Waals surface area contributed by atoms with Gasteiger partial charge in [0.1, 0.15) is 5.69 Å². The van der Waals surface area contributed by atoms with Crippen LogP contribution in [-0.2, 0) is 9.53 Å². The van der Waals surface area contributed by atoms with Crippen molar-refractivity contribution in [1.82, 2.24) is 14.9 Å². The maximum Gasteiger partial charge on any atom is 0.274 e. The van der Waals surface area contributed by atoms with Crippen LogP contribution in [0.5, 0.6) is 0 Å². The van der Waals surface area contributed by atoms with Gasteiger partial charge in [0.05, 0.1) is 25.3 Å². The highest BCUT2D eigenvalue weighted by atomic mass is 16.5. The Morgan fingerprint density at radius 3 is 2.48 bits per heavy atom. The van der Waals surface area contributed by atoms with Gasteiger partial charge in [-0.15, -0.1) is 0 Å². The van der Waals surface area contributed by atoms with Crippen LogP contribution >= 0.6 is 0 Å². The molecule has 1 N–H and O–H groups in total. The van der Waals surface area contributed by atoms with Gasteiger partial charge in [0.15, 0.2) is 0 Å². The van der Waals surface area contributed by atoms with E-state index < -0.39 is 0 Å². The molecule has 0 radical (unpaired) electrons. The fraction of sp³-hybridized carbons (Fsp3) is 0.368. The fourth-order valence-corrected chi connectivity index (χ4v) is 3.20. The van der Waals surface area contributed by atoms with E-state index in [9.17, 15) is 9.59 Å². The van der Waals surface area contributed by atoms with E-state index in [1.165, 1.54) is 18.6 Å². The molecule has 3 heterocycles. The normalized spacial score (nSPS) is 17.3. The zero-order chi connectivity index (χ0) is 18.6. The number of hydrogen-bond acceptors (Lipinski definition) is 6. The third kappa shape index (κ3) is 3.90. The Morgan fingerprint density at radius 2 is 1.81 bits per heavy atom. The van der Waals surface area contributed by atoms with Crippen molar-refractivity contribution < 1.29 is 14.3 Å². The molecule has 2 aromatic rings. The number of nitrogens with one attached hydrogen (secondary N) is 1. The summed E-state index contributed by atoms with van der Waals surface area (Å²) in [5.74, 6) is -0.469. The number of carbonyl (C=O) groups excluding carboxylic acids is 2. The first kappa shape index (κ1) is 17.4. The molecule has 0 atom stereocenters. The van der Waals surface area contributed by atoms with Crippen molar-refractivity contribution >= 4 is 23.2 Å². The first-order valence-corrected chi connectivity index (χ1v) is 8.99. The van der Waals surface area contributed by atoms with Gasteiger partial charge in [-0.1, -0.05) is 0 Å². The molecule has 1 aromatic carbocycles. The topological polar surface area (TPSA) is 87.7 Å². The minimum Gasteiger partial charge on any atom is -0.378 e. The molecule has 0 aliphatic carbocycles. The van der Waals surface area contributed by atoms with Crippen molar-refractivity contribution in [3.63, 3.8) is 0 Å². The van der Waals surface area contributed by atoms with Crippen LogP contribution in [0.4, 0.5) is 11.4 Å². The van der Waals surface area contributed by atoms with Gasteiger partial charge in [0.25, 0.3) is 5.91 Å². The maximum absolute atomic E-state index is 12.4. The van der Waals surface area contributed by atoms with Crippen molar-refractivity contribution in [2.45, 2.75) is 0 Å². The van der Waals surface area contributed by atoms with Gasteiger partial charge in [0.2, 0.25) is 5.91 Å². The number of rotatable bonds is 4. The quantitative estimate of drug-likeness (QED) is 0.868. The Labute approximate surface area is 157 Å². The highest BCUT2D eigenvalue weighted by Gasteiger charge is 2.36. The second-order valence-corrected chi connectivity index (χ2v) is 6.63. The van der Waals surface area contributed by atoms with Crippen molar-refractivity contribution in [3.8, 4) is 0 Å². The predicted molar refractivity (Wildman–Crippen MR) is 99.5 cm³/mol. The molecule has 0 spiro atoms. The summed E-state index contributed by atoms with van der Waals surface area (Å²) in [6, 6.07) is 7.82. The van der Waals surface area contributed by atoms with E-state index in [0.717, 1.165) is 37.7 Å². The van der Waals surface area contributed by atoms with Crippen LogP contribution in [0.1, 0.15) is 10.5 Å². The molecule has 4 rings (SSSR count). The minimum atomic E-state index is -0.204. The van der Waals surface area contributed by atoms with E-state index >= 15 is 0 Å². The Hall–Kier alpha value is -3.00. The second-order valence-electron chi connectivity index (χ2n) is 6.63. The van der Waals surface area contributed by atoms with Crippen LogP contribution in [-0.4, -0.2) is 66.1 Å². The van der Waals surface area contributed by atoms with Gasteiger partial charge in [-0.2, -0.15) is 0 Å². The SMILES string of the molecule is O=C(Nc1ccc(N2CCOCC2)cc1)C1CN(C(=O)c2cnccn2)C1. The van der Waals surface area contributed by atoms with Gasteiger partial charge in [0, 0.05) is 49.9 Å². The average Bonchev–Trinajstić information content (AvgIpc) is 2.69. The minimum absolute atomic E-state index is 0.0719. The number of benzene rings is 1. The van der Waals surface area contributed by atoms with Crippen molar-refractivity contribution in [2.24, 2.45) is 5.92 Å². The Kier molecular flexibility index (Phi) is 4.97. The molecule has 8 heteroatoms. The lowest BCUT2D eigenvalue weighted by Crippen LogP contribution is -2.54. The highest BCUT2D eigenvalue weighted by molar-refractivity contribution is 5.97. The molecule has 27 heavy (non-hydrogen) atoms. The smallest absolute Gasteiger partial charge is 0.274 e. The number of morpholine rings is 1. The number of aromatic nitrogens is 2. The van der Waals surface area contributed by atoms with Crippen LogP contribution in [0.2, 0.25) is 0 Å². The lowest BCUT2D eigenvalue weighted by molar-refractivity contribution is -0.123. The lowest BCUT2D eigenvalue weighted by Gasteiger charge is -2.37. The maximum atomic E-state index is 12.4. The monoisotopic (exact) mass is 367 g/mol. The third-order valence-corrected chi connectivity index (χ3v) is 4.83. The van der Waals surface area contributed by atoms with Crippen LogP contribution < -0.4 is 10.2 Å². The van der Waals surface area contributed by atoms with Gasteiger partial charge in [-0.05, 0) is 24.3 Å². The standard InChI is InChI=1S/C19H21N5O3/c25-18(14-12-24(13-14)19(26)17-11-20-5-6-21-17)22-15-1-3-16(4-2-15)23-7-9-27-10-8-23/h1-6,11,14H,7-10,12-13H2,(H,22,25). The summed E-state index contributed by atoms with van der Waals surface area (Å²) in [7, 11) is 0. The number of nitrogens with zero attached hydrogens (tertiary/aromatic N) is 4. The molecule has 8 nitrogen and oxygen atoms in total. The number of ether oxygens (including phenoxy) is 1. The largest absolute Gasteiger partial charge is 0.378 e. The summed E-state index contributed by atoms with van der Waals surface area (Å²) >= 11 is 0. The lowest BCUT2D eigenvalue weighted by atomic mass is 9.98. The summed E-state index contributed by atoms with van der Waals surface area (Å²) < 4.78 is 5.36. The zero-order valence-electron chi connectivity index (χ0n) is 14.9. The van der Waals surface area contributed by atoms with E-state index in [1.807, 2.05) is 24.3 Å². The van der Waals surface area contributed by atoms with E-state index in [2.05, 4.69) is 20.2 Å². The number of amides is 2. The van der Waals surface area contributed by atoms with E-state index in [0.29, 0.717) is 18.8 Å². The predicted octanol–water partition coefficient (Wildman–Crippen LogP) is 1.02. The summed E-state index contributed by atoms with van der Waals surface area (Å²) in [6.45, 7) is 4.03. The number of anilines is 2. The van der Waals surface area contributed by atoms with Crippen LogP contribution in [0, 0.1) is 5.92 Å². The Balaban J connectivity index is 1.28. The van der Waals surface area contributed by atoms with Gasteiger partial charge in [-0.3, -0.25) is 14.6 Å². The van der Waals surface area contributed by atoms with Crippen molar-refractivity contribution in [1.29, 1.82) is 0 Å². The first-order chi connectivity index (χ1) is 13.2. The summed E-state index contributed by atoms with van der Waals surface area (Å²) in [5, 5.41) is 2.93. The molecular formula is C19H21N5O3. The van der Waals surface area contributed by atoms with Gasteiger partial charge in [-0.25, -0.2) is 4.98 Å². The summed E-state index contributed by atoms with van der Waals surface area (Å²) in [4.78, 5) is 36.4. The van der Waals surface area contributed by atoms with E-state index in [1.54, 1.807) is 4.90 Å². The van der Waals surface area contributed by atoms with Gasteiger partial charge >= 0.3 is 0 Å². The van der Waals surface area contributed by atoms with Gasteiger partial charge < -0.3 is 19.9 Å². The van der Waals surface area contributed by atoms with Crippen molar-refractivity contribution in [3.05, 3.63) is 48.5 Å². The molecule has 2 aliphatic rings. The molecule has 140 valence electrons. The molecule has 0 saturated carbocycles. The van der Waals surface area contributed by atoms with E-state index in [-0.39, 0.29) is 17.7 Å². The second kappa shape index (κ2) is 7.71. The molecule has 0 bridgehead atoms. The molecule has 2 amide bonds. The van der Waals surface area contributed by atoms with E-state index in [4.69, 9.17) is 4.74 Å². The molecule has 2 fully saturated rings.